The Bertz CT molecular complexity index is 198. The molecule has 1 aliphatic carbocycles. The third-order valence-electron chi connectivity index (χ3n) is 1.60. The molecule has 2 unspecified atom stereocenters. The molecule has 10 heavy (non-hydrogen) atoms. The standard InChI is InChI=1S/C7H7ClO2/c8-5-2-1-3-6-7(5)10-4-9-6/h1-3,5,7H,4H2. The van der Waals surface area contributed by atoms with Crippen molar-refractivity contribution in [2.45, 2.75) is 11.5 Å². The van der Waals surface area contributed by atoms with Crippen LogP contribution in [0.3, 0.4) is 0 Å². The molecule has 0 saturated carbocycles. The lowest BCUT2D eigenvalue weighted by molar-refractivity contribution is 0.0518. The predicted molar refractivity (Wildman–Crippen MR) is 37.7 cm³/mol. The van der Waals surface area contributed by atoms with Crippen LogP contribution in [0.1, 0.15) is 0 Å². The van der Waals surface area contributed by atoms with Crippen LogP contribution in [0.25, 0.3) is 0 Å². The molecule has 3 heteroatoms. The Hall–Kier alpha value is -0.470. The minimum Gasteiger partial charge on any atom is -0.469 e. The van der Waals surface area contributed by atoms with E-state index in [2.05, 4.69) is 0 Å². The summed E-state index contributed by atoms with van der Waals surface area (Å²) in [6.07, 6.45) is 5.62. The fourth-order valence-corrected chi connectivity index (χ4v) is 1.37. The van der Waals surface area contributed by atoms with E-state index in [1.165, 1.54) is 0 Å². The second-order valence-corrected chi connectivity index (χ2v) is 2.75. The first kappa shape index (κ1) is 6.25. The van der Waals surface area contributed by atoms with E-state index in [1.54, 1.807) is 0 Å². The van der Waals surface area contributed by atoms with Crippen molar-refractivity contribution in [2.75, 3.05) is 6.79 Å². The summed E-state index contributed by atoms with van der Waals surface area (Å²) < 4.78 is 10.3. The number of ether oxygens (including phenoxy) is 2. The number of alkyl halides is 1. The lowest BCUT2D eigenvalue weighted by atomic mass is 10.1. The van der Waals surface area contributed by atoms with Crippen LogP contribution >= 0.6 is 11.6 Å². The van der Waals surface area contributed by atoms with Gasteiger partial charge in [-0.1, -0.05) is 12.2 Å². The third kappa shape index (κ3) is 0.842. The molecule has 0 spiro atoms. The molecule has 2 nitrogen and oxygen atoms in total. The Balaban J connectivity index is 2.25. The first-order chi connectivity index (χ1) is 4.88. The van der Waals surface area contributed by atoms with Crippen LogP contribution in [0.4, 0.5) is 0 Å². The van der Waals surface area contributed by atoms with E-state index in [0.29, 0.717) is 6.79 Å². The summed E-state index contributed by atoms with van der Waals surface area (Å²) in [4.78, 5) is 0. The van der Waals surface area contributed by atoms with Gasteiger partial charge in [0.1, 0.15) is 11.9 Å². The van der Waals surface area contributed by atoms with E-state index in [0.717, 1.165) is 5.76 Å². The topological polar surface area (TPSA) is 18.5 Å². The highest BCUT2D eigenvalue weighted by atomic mass is 35.5. The Kier molecular flexibility index (Phi) is 1.43. The van der Waals surface area contributed by atoms with Gasteiger partial charge in [0, 0.05) is 0 Å². The van der Waals surface area contributed by atoms with Crippen LogP contribution in [0, 0.1) is 0 Å². The van der Waals surface area contributed by atoms with E-state index >= 15 is 0 Å². The van der Waals surface area contributed by atoms with Crippen LogP contribution in [0.15, 0.2) is 24.0 Å². The number of fused-ring (bicyclic) bond motifs is 1. The maximum Gasteiger partial charge on any atom is 0.189 e. The minimum atomic E-state index is -0.0671. The maximum absolute atomic E-state index is 5.89. The number of hydrogen-bond acceptors (Lipinski definition) is 2. The summed E-state index contributed by atoms with van der Waals surface area (Å²) in [5, 5.41) is -0.0671. The van der Waals surface area contributed by atoms with Crippen LogP contribution in [-0.4, -0.2) is 18.3 Å². The van der Waals surface area contributed by atoms with Crippen molar-refractivity contribution >= 4 is 11.6 Å². The quantitative estimate of drug-likeness (QED) is 0.497. The summed E-state index contributed by atoms with van der Waals surface area (Å²) in [6, 6.07) is 0. The molecular weight excluding hydrogens is 152 g/mol. The Morgan fingerprint density at radius 2 is 2.50 bits per heavy atom. The summed E-state index contributed by atoms with van der Waals surface area (Å²) in [7, 11) is 0. The molecule has 1 fully saturated rings. The van der Waals surface area contributed by atoms with Gasteiger partial charge in [-0.2, -0.15) is 0 Å². The fraction of sp³-hybridized carbons (Fsp3) is 0.429. The molecule has 1 saturated heterocycles. The second kappa shape index (κ2) is 2.29. The lowest BCUT2D eigenvalue weighted by Gasteiger charge is -2.14. The molecule has 2 aliphatic rings. The molecular formula is C7H7ClO2. The van der Waals surface area contributed by atoms with Gasteiger partial charge in [-0.15, -0.1) is 11.6 Å². The highest BCUT2D eigenvalue weighted by molar-refractivity contribution is 6.22. The zero-order valence-corrected chi connectivity index (χ0v) is 6.04. The molecule has 54 valence electrons. The molecule has 0 amide bonds. The number of halogens is 1. The van der Waals surface area contributed by atoms with E-state index in [4.69, 9.17) is 21.1 Å². The van der Waals surface area contributed by atoms with Crippen molar-refractivity contribution in [2.24, 2.45) is 0 Å². The van der Waals surface area contributed by atoms with Crippen LogP contribution in [0.5, 0.6) is 0 Å². The Morgan fingerprint density at radius 1 is 1.60 bits per heavy atom. The molecule has 1 heterocycles. The van der Waals surface area contributed by atoms with Gasteiger partial charge >= 0.3 is 0 Å². The number of allylic oxidation sites excluding steroid dienone is 2. The van der Waals surface area contributed by atoms with E-state index in [9.17, 15) is 0 Å². The summed E-state index contributed by atoms with van der Waals surface area (Å²) in [6.45, 7) is 0.335. The zero-order valence-electron chi connectivity index (χ0n) is 5.29. The van der Waals surface area contributed by atoms with Gasteiger partial charge in [-0.25, -0.2) is 0 Å². The highest BCUT2D eigenvalue weighted by Crippen LogP contribution is 2.26. The van der Waals surface area contributed by atoms with Gasteiger partial charge in [0.2, 0.25) is 0 Å². The number of hydrogen-bond donors (Lipinski definition) is 0. The van der Waals surface area contributed by atoms with Gasteiger partial charge in [-0.3, -0.25) is 0 Å². The molecule has 1 aliphatic heterocycles. The van der Waals surface area contributed by atoms with Crippen molar-refractivity contribution in [3.63, 3.8) is 0 Å². The second-order valence-electron chi connectivity index (χ2n) is 2.25. The van der Waals surface area contributed by atoms with Gasteiger partial charge in [0.05, 0.1) is 5.38 Å². The molecule has 0 bridgehead atoms. The average molecular weight is 159 g/mol. The monoisotopic (exact) mass is 158 g/mol. The molecule has 0 N–H and O–H groups in total. The Labute approximate surface area is 64.1 Å². The predicted octanol–water partition coefficient (Wildman–Crippen LogP) is 1.42. The van der Waals surface area contributed by atoms with Crippen molar-refractivity contribution in [1.82, 2.24) is 0 Å². The molecule has 0 aromatic carbocycles. The van der Waals surface area contributed by atoms with Crippen molar-refractivity contribution in [3.8, 4) is 0 Å². The molecule has 0 radical (unpaired) electrons. The van der Waals surface area contributed by atoms with E-state index < -0.39 is 0 Å². The van der Waals surface area contributed by atoms with Crippen molar-refractivity contribution < 1.29 is 9.47 Å². The van der Waals surface area contributed by atoms with Crippen LogP contribution in [0.2, 0.25) is 0 Å². The zero-order chi connectivity index (χ0) is 6.97. The van der Waals surface area contributed by atoms with Gasteiger partial charge in [0.15, 0.2) is 6.79 Å². The minimum absolute atomic E-state index is 0.0494. The maximum atomic E-state index is 5.89. The normalized spacial score (nSPS) is 36.7. The highest BCUT2D eigenvalue weighted by Gasteiger charge is 2.30. The first-order valence-electron chi connectivity index (χ1n) is 3.15. The Morgan fingerprint density at radius 3 is 3.30 bits per heavy atom. The summed E-state index contributed by atoms with van der Waals surface area (Å²) >= 11 is 5.89. The van der Waals surface area contributed by atoms with Gasteiger partial charge in [-0.05, 0) is 6.08 Å². The van der Waals surface area contributed by atoms with Crippen LogP contribution in [-0.2, 0) is 9.47 Å². The summed E-state index contributed by atoms with van der Waals surface area (Å²) in [5.74, 6) is 0.850. The van der Waals surface area contributed by atoms with E-state index in [1.807, 2.05) is 18.2 Å². The van der Waals surface area contributed by atoms with Gasteiger partial charge < -0.3 is 9.47 Å². The molecule has 0 aromatic rings. The molecule has 0 aromatic heterocycles. The smallest absolute Gasteiger partial charge is 0.189 e. The SMILES string of the molecule is ClC1C=CC=C2OCOC21. The van der Waals surface area contributed by atoms with E-state index in [-0.39, 0.29) is 11.5 Å². The molecule has 2 rings (SSSR count). The van der Waals surface area contributed by atoms with Crippen molar-refractivity contribution in [3.05, 3.63) is 24.0 Å². The number of rotatable bonds is 0. The molecule has 2 atom stereocenters. The fourth-order valence-electron chi connectivity index (χ4n) is 1.09. The van der Waals surface area contributed by atoms with Crippen molar-refractivity contribution in [1.29, 1.82) is 0 Å². The third-order valence-corrected chi connectivity index (χ3v) is 1.97. The first-order valence-corrected chi connectivity index (χ1v) is 3.58. The summed E-state index contributed by atoms with van der Waals surface area (Å²) in [5.41, 5.74) is 0. The van der Waals surface area contributed by atoms with Gasteiger partial charge in [0.25, 0.3) is 0 Å². The van der Waals surface area contributed by atoms with Crippen LogP contribution < -0.4 is 0 Å². The average Bonchev–Trinajstić information content (AvgIpc) is 2.36. The largest absolute Gasteiger partial charge is 0.469 e. The lowest BCUT2D eigenvalue weighted by Crippen LogP contribution is -2.21.